The molecule has 0 N–H and O–H groups in total. The van der Waals surface area contributed by atoms with Crippen LogP contribution in [0, 0.1) is 17.9 Å². The lowest BCUT2D eigenvalue weighted by atomic mass is 9.92. The van der Waals surface area contributed by atoms with Crippen molar-refractivity contribution < 1.29 is 0 Å². The first-order valence-electron chi connectivity index (χ1n) is 11.7. The third kappa shape index (κ3) is 3.27. The summed E-state index contributed by atoms with van der Waals surface area (Å²) in [6.45, 7) is 7.43. The molecule has 0 aliphatic rings. The molecule has 0 bridgehead atoms. The molecule has 3 heterocycles. The Kier molecular flexibility index (Phi) is 4.72. The van der Waals surface area contributed by atoms with Crippen LogP contribution in [-0.2, 0) is 0 Å². The lowest BCUT2D eigenvalue weighted by molar-refractivity contribution is 1.30. The zero-order valence-corrected chi connectivity index (χ0v) is 20.3. The summed E-state index contributed by atoms with van der Waals surface area (Å²) in [4.78, 5) is 12.2. The van der Waals surface area contributed by atoms with Crippen molar-refractivity contribution in [2.45, 2.75) is 0 Å². The Labute approximate surface area is 216 Å². The molecule has 7 aromatic rings. The molecule has 7 rings (SSSR count). The number of hydrogen-bond donors (Lipinski definition) is 0. The van der Waals surface area contributed by atoms with E-state index in [9.17, 15) is 5.26 Å². The van der Waals surface area contributed by atoms with Gasteiger partial charge in [-0.25, -0.2) is 4.85 Å². The van der Waals surface area contributed by atoms with Gasteiger partial charge in [0, 0.05) is 50.5 Å². The molecule has 0 fully saturated rings. The van der Waals surface area contributed by atoms with Gasteiger partial charge >= 0.3 is 0 Å². The SMILES string of the molecule is [C-]#[N+]c1cncc(-c2cc3sc4cc(-c5cncc(C#N)c5)c5ccccc5c4c3c3ccccc23)c1. The molecule has 4 nitrogen and oxygen atoms in total. The van der Waals surface area contributed by atoms with E-state index in [1.54, 1.807) is 23.7 Å². The van der Waals surface area contributed by atoms with Gasteiger partial charge in [-0.1, -0.05) is 48.5 Å². The maximum Gasteiger partial charge on any atom is 0.205 e. The summed E-state index contributed by atoms with van der Waals surface area (Å²) >= 11 is 1.76. The fourth-order valence-corrected chi connectivity index (χ4v) is 6.48. The van der Waals surface area contributed by atoms with E-state index in [0.717, 1.165) is 33.0 Å². The minimum atomic E-state index is 0.530. The van der Waals surface area contributed by atoms with Crippen LogP contribution < -0.4 is 0 Å². The smallest absolute Gasteiger partial charge is 0.205 e. The van der Waals surface area contributed by atoms with Crippen LogP contribution in [0.1, 0.15) is 5.56 Å². The third-order valence-corrected chi connectivity index (χ3v) is 7.91. The molecule has 0 amide bonds. The highest BCUT2D eigenvalue weighted by molar-refractivity contribution is 7.26. The second kappa shape index (κ2) is 8.24. The number of benzene rings is 4. The monoisotopic (exact) mass is 488 g/mol. The fourth-order valence-electron chi connectivity index (χ4n) is 5.26. The van der Waals surface area contributed by atoms with E-state index in [0.29, 0.717) is 11.3 Å². The average Bonchev–Trinajstić information content (AvgIpc) is 3.35. The summed E-state index contributed by atoms with van der Waals surface area (Å²) < 4.78 is 2.37. The zero-order valence-electron chi connectivity index (χ0n) is 19.4. The van der Waals surface area contributed by atoms with Crippen molar-refractivity contribution >= 4 is 58.7 Å². The van der Waals surface area contributed by atoms with Crippen molar-refractivity contribution in [1.29, 1.82) is 5.26 Å². The van der Waals surface area contributed by atoms with Gasteiger partial charge in [0.2, 0.25) is 5.69 Å². The van der Waals surface area contributed by atoms with Crippen LogP contribution in [0.5, 0.6) is 0 Å². The van der Waals surface area contributed by atoms with E-state index in [-0.39, 0.29) is 0 Å². The number of hydrogen-bond acceptors (Lipinski definition) is 4. The highest BCUT2D eigenvalue weighted by Crippen LogP contribution is 2.47. The molecular weight excluding hydrogens is 472 g/mol. The molecule has 0 unspecified atom stereocenters. The Morgan fingerprint density at radius 3 is 1.78 bits per heavy atom. The van der Waals surface area contributed by atoms with Gasteiger partial charge < -0.3 is 0 Å². The van der Waals surface area contributed by atoms with Crippen LogP contribution in [0.2, 0.25) is 0 Å². The van der Waals surface area contributed by atoms with Crippen molar-refractivity contribution in [3.8, 4) is 28.3 Å². The van der Waals surface area contributed by atoms with Crippen molar-refractivity contribution in [2.24, 2.45) is 0 Å². The third-order valence-electron chi connectivity index (χ3n) is 6.83. The van der Waals surface area contributed by atoms with Crippen LogP contribution in [0.4, 0.5) is 5.69 Å². The predicted octanol–water partition coefficient (Wildman–Crippen LogP) is 8.91. The van der Waals surface area contributed by atoms with Crippen LogP contribution in [-0.4, -0.2) is 9.97 Å². The first-order chi connectivity index (χ1) is 18.2. The highest BCUT2D eigenvalue weighted by atomic mass is 32.1. The van der Waals surface area contributed by atoms with Crippen LogP contribution in [0.15, 0.2) is 97.6 Å². The maximum atomic E-state index is 9.43. The molecule has 5 heteroatoms. The van der Waals surface area contributed by atoms with Gasteiger partial charge in [-0.2, -0.15) is 5.26 Å². The summed E-state index contributed by atoms with van der Waals surface area (Å²) in [6, 6.07) is 27.4. The second-order valence-electron chi connectivity index (χ2n) is 8.91. The van der Waals surface area contributed by atoms with Gasteiger partial charge in [0.25, 0.3) is 0 Å². The predicted molar refractivity (Wildman–Crippen MR) is 152 cm³/mol. The Hall–Kier alpha value is -5.10. The topological polar surface area (TPSA) is 53.9 Å². The Morgan fingerprint density at radius 1 is 0.676 bits per heavy atom. The minimum absolute atomic E-state index is 0.530. The second-order valence-corrected chi connectivity index (χ2v) is 9.99. The normalized spacial score (nSPS) is 11.2. The van der Waals surface area contributed by atoms with Crippen molar-refractivity contribution in [1.82, 2.24) is 9.97 Å². The lowest BCUT2D eigenvalue weighted by Gasteiger charge is -2.11. The number of aromatic nitrogens is 2. The molecule has 0 spiro atoms. The molecule has 0 atom stereocenters. The minimum Gasteiger partial charge on any atom is -0.276 e. The summed E-state index contributed by atoms with van der Waals surface area (Å²) in [7, 11) is 0. The fraction of sp³-hybridized carbons (Fsp3) is 0. The first-order valence-corrected chi connectivity index (χ1v) is 12.5. The molecule has 4 aromatic carbocycles. The molecule has 0 saturated carbocycles. The molecule has 0 aliphatic carbocycles. The van der Waals surface area contributed by atoms with Crippen LogP contribution in [0.3, 0.4) is 0 Å². The molecule has 37 heavy (non-hydrogen) atoms. The lowest BCUT2D eigenvalue weighted by Crippen LogP contribution is -1.87. The first kappa shape index (κ1) is 21.2. The average molecular weight is 489 g/mol. The van der Waals surface area contributed by atoms with Crippen molar-refractivity contribution in [3.63, 3.8) is 0 Å². The van der Waals surface area contributed by atoms with E-state index in [1.807, 2.05) is 24.5 Å². The van der Waals surface area contributed by atoms with E-state index < -0.39 is 0 Å². The summed E-state index contributed by atoms with van der Waals surface area (Å²) in [5, 5.41) is 16.5. The van der Waals surface area contributed by atoms with E-state index in [1.165, 1.54) is 30.9 Å². The Balaban J connectivity index is 1.62. The van der Waals surface area contributed by atoms with Gasteiger partial charge in [0.15, 0.2) is 0 Å². The molecule has 0 radical (unpaired) electrons. The highest BCUT2D eigenvalue weighted by Gasteiger charge is 2.18. The molecule has 170 valence electrons. The molecule has 0 saturated heterocycles. The number of fused-ring (bicyclic) bond motifs is 7. The van der Waals surface area contributed by atoms with Gasteiger partial charge in [-0.05, 0) is 62.5 Å². The molecular formula is C32H16N4S. The van der Waals surface area contributed by atoms with Gasteiger partial charge in [-0.3, -0.25) is 9.97 Å². The number of rotatable bonds is 2. The number of nitriles is 1. The quantitative estimate of drug-likeness (QED) is 0.228. The largest absolute Gasteiger partial charge is 0.276 e. The maximum absolute atomic E-state index is 9.43. The van der Waals surface area contributed by atoms with E-state index >= 15 is 0 Å². The summed E-state index contributed by atoms with van der Waals surface area (Å²) in [5.74, 6) is 0. The van der Waals surface area contributed by atoms with E-state index in [2.05, 4.69) is 81.5 Å². The van der Waals surface area contributed by atoms with E-state index in [4.69, 9.17) is 6.57 Å². The van der Waals surface area contributed by atoms with Gasteiger partial charge in [-0.15, -0.1) is 11.3 Å². The number of thiophene rings is 1. The Bertz CT molecular complexity index is 1970. The molecule has 0 aliphatic heterocycles. The Morgan fingerprint density at radius 2 is 1.22 bits per heavy atom. The van der Waals surface area contributed by atoms with Crippen LogP contribution >= 0.6 is 11.3 Å². The summed E-state index contributed by atoms with van der Waals surface area (Å²) in [6.07, 6.45) is 6.85. The summed E-state index contributed by atoms with van der Waals surface area (Å²) in [5.41, 5.74) is 5.09. The van der Waals surface area contributed by atoms with Gasteiger partial charge in [0.1, 0.15) is 6.07 Å². The standard InChI is InChI=1S/C32H16N4S/c1-34-22-11-21(17-36-18-22)28-13-30-32(26-9-5-3-7-24(26)28)31-25-8-4-2-6-23(25)27(12-29(31)37-30)20-10-19(14-33)15-35-16-20/h2-13,15-18H. The zero-order chi connectivity index (χ0) is 24.9. The molecule has 3 aromatic heterocycles. The van der Waals surface area contributed by atoms with Crippen molar-refractivity contribution in [2.75, 3.05) is 0 Å². The van der Waals surface area contributed by atoms with Crippen molar-refractivity contribution in [3.05, 3.63) is 115 Å². The van der Waals surface area contributed by atoms with Gasteiger partial charge in [0.05, 0.1) is 12.1 Å². The number of pyridine rings is 2. The number of nitrogens with zero attached hydrogens (tertiary/aromatic N) is 4. The van der Waals surface area contributed by atoms with Crippen LogP contribution in [0.25, 0.3) is 68.8 Å².